The second kappa shape index (κ2) is 8.61. The van der Waals surface area contributed by atoms with E-state index in [4.69, 9.17) is 0 Å². The Labute approximate surface area is 170 Å². The van der Waals surface area contributed by atoms with Crippen LogP contribution in [0.25, 0.3) is 0 Å². The number of amides is 1. The van der Waals surface area contributed by atoms with E-state index in [1.54, 1.807) is 0 Å². The Morgan fingerprint density at radius 1 is 1.29 bits per heavy atom. The van der Waals surface area contributed by atoms with Gasteiger partial charge in [0.1, 0.15) is 0 Å². The minimum atomic E-state index is -0.266. The Bertz CT molecular complexity index is 803. The predicted octanol–water partition coefficient (Wildman–Crippen LogP) is 3.36. The van der Waals surface area contributed by atoms with Crippen LogP contribution in [0, 0.1) is 5.92 Å². The number of likely N-dealkylation sites (tertiary alicyclic amines) is 1. The number of piperidine rings is 1. The Hall–Kier alpha value is -1.93. The summed E-state index contributed by atoms with van der Waals surface area (Å²) in [6.45, 7) is 7.55. The molecular formula is C20H28N6OS. The second-order valence-electron chi connectivity index (χ2n) is 8.07. The molecule has 8 heteroatoms. The summed E-state index contributed by atoms with van der Waals surface area (Å²) in [6.07, 6.45) is 4.85. The van der Waals surface area contributed by atoms with Gasteiger partial charge >= 0.3 is 0 Å². The van der Waals surface area contributed by atoms with E-state index < -0.39 is 0 Å². The van der Waals surface area contributed by atoms with Crippen molar-refractivity contribution in [1.82, 2.24) is 25.1 Å². The summed E-state index contributed by atoms with van der Waals surface area (Å²) in [5, 5.41) is 15.3. The largest absolute Gasteiger partial charge is 0.325 e. The molecule has 2 aliphatic rings. The molecule has 2 atom stereocenters. The van der Waals surface area contributed by atoms with E-state index in [1.165, 1.54) is 43.3 Å². The summed E-state index contributed by atoms with van der Waals surface area (Å²) >= 11 is 1.41. The van der Waals surface area contributed by atoms with Gasteiger partial charge < -0.3 is 5.32 Å². The fraction of sp³-hybridized carbons (Fsp3) is 0.600. The van der Waals surface area contributed by atoms with Crippen LogP contribution >= 0.6 is 11.8 Å². The number of rotatable bonds is 7. The predicted molar refractivity (Wildman–Crippen MR) is 110 cm³/mol. The highest BCUT2D eigenvalue weighted by Crippen LogP contribution is 2.37. The van der Waals surface area contributed by atoms with E-state index in [-0.39, 0.29) is 11.2 Å². The van der Waals surface area contributed by atoms with Gasteiger partial charge in [-0.15, -0.1) is 5.10 Å². The molecule has 2 aromatic rings. The molecule has 2 fully saturated rings. The zero-order chi connectivity index (χ0) is 19.5. The van der Waals surface area contributed by atoms with E-state index in [0.717, 1.165) is 36.1 Å². The first-order valence-electron chi connectivity index (χ1n) is 10.1. The molecule has 2 heterocycles. The highest BCUT2D eigenvalue weighted by atomic mass is 32.2. The Balaban J connectivity index is 1.29. The number of carbonyl (C=O) groups is 1. The summed E-state index contributed by atoms with van der Waals surface area (Å²) in [4.78, 5) is 15.1. The molecule has 1 N–H and O–H groups in total. The van der Waals surface area contributed by atoms with Gasteiger partial charge in [-0.05, 0) is 73.2 Å². The molecule has 1 aliphatic carbocycles. The fourth-order valence-electron chi connectivity index (χ4n) is 3.65. The van der Waals surface area contributed by atoms with Crippen LogP contribution in [0.3, 0.4) is 0 Å². The van der Waals surface area contributed by atoms with Crippen LogP contribution in [0.2, 0.25) is 0 Å². The number of benzene rings is 1. The normalized spacial score (nSPS) is 21.4. The van der Waals surface area contributed by atoms with Crippen LogP contribution in [0.15, 0.2) is 29.4 Å². The number of hydrogen-bond acceptors (Lipinski definition) is 6. The molecule has 28 heavy (non-hydrogen) atoms. The molecule has 150 valence electrons. The van der Waals surface area contributed by atoms with Gasteiger partial charge in [0.05, 0.1) is 11.3 Å². The van der Waals surface area contributed by atoms with E-state index in [2.05, 4.69) is 44.8 Å². The minimum Gasteiger partial charge on any atom is -0.325 e. The van der Waals surface area contributed by atoms with Crippen LogP contribution in [-0.2, 0) is 11.3 Å². The molecule has 0 radical (unpaired) electrons. The summed E-state index contributed by atoms with van der Waals surface area (Å²) in [5.41, 5.74) is 2.12. The quantitative estimate of drug-likeness (QED) is 0.718. The van der Waals surface area contributed by atoms with Crippen molar-refractivity contribution in [1.29, 1.82) is 0 Å². The molecule has 1 aromatic carbocycles. The number of anilines is 1. The third kappa shape index (κ3) is 4.91. The molecule has 1 aromatic heterocycles. The monoisotopic (exact) mass is 400 g/mol. The molecule has 1 saturated carbocycles. The van der Waals surface area contributed by atoms with Gasteiger partial charge in [-0.1, -0.05) is 30.8 Å². The Morgan fingerprint density at radius 2 is 2.07 bits per heavy atom. The van der Waals surface area contributed by atoms with E-state index in [0.29, 0.717) is 6.04 Å². The molecule has 2 unspecified atom stereocenters. The van der Waals surface area contributed by atoms with Gasteiger partial charge in [-0.3, -0.25) is 9.69 Å². The first-order valence-corrected chi connectivity index (χ1v) is 11.0. The van der Waals surface area contributed by atoms with Crippen molar-refractivity contribution in [3.8, 4) is 0 Å². The lowest BCUT2D eigenvalue weighted by Crippen LogP contribution is -2.33. The average molecular weight is 401 g/mol. The first-order chi connectivity index (χ1) is 13.6. The average Bonchev–Trinajstić information content (AvgIpc) is 3.42. The summed E-state index contributed by atoms with van der Waals surface area (Å²) in [6, 6.07) is 8.61. The van der Waals surface area contributed by atoms with Crippen LogP contribution in [0.1, 0.15) is 51.1 Å². The number of thioether (sulfide) groups is 1. The molecular weight excluding hydrogens is 372 g/mol. The molecule has 1 amide bonds. The molecule has 7 nitrogen and oxygen atoms in total. The lowest BCUT2D eigenvalue weighted by atomic mass is 10.00. The lowest BCUT2D eigenvalue weighted by Gasteiger charge is -2.30. The van der Waals surface area contributed by atoms with Crippen molar-refractivity contribution in [3.05, 3.63) is 29.8 Å². The van der Waals surface area contributed by atoms with Gasteiger partial charge in [-0.25, -0.2) is 4.68 Å². The van der Waals surface area contributed by atoms with Crippen molar-refractivity contribution in [2.75, 3.05) is 18.4 Å². The number of tetrazole rings is 1. The fourth-order valence-corrected chi connectivity index (χ4v) is 4.51. The maximum Gasteiger partial charge on any atom is 0.237 e. The van der Waals surface area contributed by atoms with Crippen molar-refractivity contribution >= 4 is 23.4 Å². The first kappa shape index (κ1) is 19.4. The van der Waals surface area contributed by atoms with Gasteiger partial charge in [0, 0.05) is 18.8 Å². The smallest absolute Gasteiger partial charge is 0.237 e. The Kier molecular flexibility index (Phi) is 5.96. The van der Waals surface area contributed by atoms with E-state index in [1.807, 2.05) is 23.7 Å². The maximum absolute atomic E-state index is 12.6. The number of carbonyl (C=O) groups excluding carboxylic acids is 1. The van der Waals surface area contributed by atoms with Gasteiger partial charge in [0.2, 0.25) is 11.1 Å². The van der Waals surface area contributed by atoms with Crippen LogP contribution < -0.4 is 5.32 Å². The number of nitrogens with zero attached hydrogens (tertiary/aromatic N) is 5. The van der Waals surface area contributed by atoms with Crippen LogP contribution in [-0.4, -0.2) is 49.4 Å². The van der Waals surface area contributed by atoms with E-state index in [9.17, 15) is 4.79 Å². The third-order valence-corrected chi connectivity index (χ3v) is 6.42. The topological polar surface area (TPSA) is 75.9 Å². The van der Waals surface area contributed by atoms with Crippen molar-refractivity contribution in [2.24, 2.45) is 5.92 Å². The molecule has 0 spiro atoms. The summed E-state index contributed by atoms with van der Waals surface area (Å²) < 4.78 is 1.84. The standard InChI is InChI=1S/C20H28N6OS/c1-14-4-3-11-25(12-14)13-16-5-7-17(8-6-16)21-19(27)15(2)28-20-22-23-24-26(20)18-9-10-18/h5-8,14-15,18H,3-4,9-13H2,1-2H3,(H,21,27). The van der Waals surface area contributed by atoms with Gasteiger partial charge in [0.25, 0.3) is 0 Å². The molecule has 1 aliphatic heterocycles. The van der Waals surface area contributed by atoms with Crippen LogP contribution in [0.5, 0.6) is 0 Å². The van der Waals surface area contributed by atoms with Crippen molar-refractivity contribution in [2.45, 2.75) is 62.5 Å². The molecule has 4 rings (SSSR count). The molecule has 0 bridgehead atoms. The number of hydrogen-bond donors (Lipinski definition) is 1. The van der Waals surface area contributed by atoms with Crippen molar-refractivity contribution < 1.29 is 4.79 Å². The Morgan fingerprint density at radius 3 is 2.79 bits per heavy atom. The van der Waals surface area contributed by atoms with Gasteiger partial charge in [0.15, 0.2) is 0 Å². The highest BCUT2D eigenvalue weighted by Gasteiger charge is 2.29. The lowest BCUT2D eigenvalue weighted by molar-refractivity contribution is -0.115. The zero-order valence-corrected chi connectivity index (χ0v) is 17.4. The zero-order valence-electron chi connectivity index (χ0n) is 16.5. The highest BCUT2D eigenvalue weighted by molar-refractivity contribution is 8.00. The second-order valence-corrected chi connectivity index (χ2v) is 9.37. The maximum atomic E-state index is 12.6. The molecule has 1 saturated heterocycles. The van der Waals surface area contributed by atoms with Gasteiger partial charge in [-0.2, -0.15) is 0 Å². The van der Waals surface area contributed by atoms with Crippen LogP contribution in [0.4, 0.5) is 5.69 Å². The SMILES string of the molecule is CC1CCCN(Cc2ccc(NC(=O)C(C)Sc3nnnn3C3CC3)cc2)C1. The third-order valence-electron chi connectivity index (χ3n) is 5.38. The number of aromatic nitrogens is 4. The summed E-state index contributed by atoms with van der Waals surface area (Å²) in [7, 11) is 0. The summed E-state index contributed by atoms with van der Waals surface area (Å²) in [5.74, 6) is 0.750. The number of nitrogens with one attached hydrogen (secondary N) is 1. The van der Waals surface area contributed by atoms with E-state index >= 15 is 0 Å². The van der Waals surface area contributed by atoms with Crippen molar-refractivity contribution in [3.63, 3.8) is 0 Å². The minimum absolute atomic E-state index is 0.0343.